The number of hydrogen-bond donors (Lipinski definition) is 2. The molecule has 5 heteroatoms. The van der Waals surface area contributed by atoms with Crippen molar-refractivity contribution in [3.05, 3.63) is 29.6 Å². The number of rotatable bonds is 5. The molecule has 5 nitrogen and oxygen atoms in total. The highest BCUT2D eigenvalue weighted by Crippen LogP contribution is 2.42. The number of ether oxygens (including phenoxy) is 1. The molecule has 0 spiro atoms. The lowest BCUT2D eigenvalue weighted by Crippen LogP contribution is -2.63. The van der Waals surface area contributed by atoms with Crippen LogP contribution in [-0.2, 0) is 11.3 Å². The van der Waals surface area contributed by atoms with Crippen molar-refractivity contribution in [2.75, 3.05) is 13.7 Å². The van der Waals surface area contributed by atoms with Crippen molar-refractivity contribution >= 4 is 5.96 Å². The molecule has 2 atom stereocenters. The molecule has 122 valence electrons. The molecular weight excluding hydrogens is 276 g/mol. The van der Waals surface area contributed by atoms with Crippen LogP contribution in [0.4, 0.5) is 0 Å². The first-order valence-electron chi connectivity index (χ1n) is 7.96. The van der Waals surface area contributed by atoms with Crippen molar-refractivity contribution in [1.29, 1.82) is 0 Å². The summed E-state index contributed by atoms with van der Waals surface area (Å²) in [6.45, 7) is 10.0. The Hall–Kier alpha value is -1.62. The molecule has 2 rings (SSSR count). The number of aromatic nitrogens is 1. The summed E-state index contributed by atoms with van der Waals surface area (Å²) in [5.41, 5.74) is 2.26. The maximum Gasteiger partial charge on any atom is 0.191 e. The zero-order chi connectivity index (χ0) is 16.2. The van der Waals surface area contributed by atoms with Gasteiger partial charge in [-0.15, -0.1) is 0 Å². The van der Waals surface area contributed by atoms with E-state index in [-0.39, 0.29) is 5.41 Å². The Labute approximate surface area is 133 Å². The van der Waals surface area contributed by atoms with Gasteiger partial charge in [-0.2, -0.15) is 0 Å². The predicted molar refractivity (Wildman–Crippen MR) is 89.9 cm³/mol. The Morgan fingerprint density at radius 1 is 1.45 bits per heavy atom. The number of aryl methyl sites for hydroxylation is 1. The minimum absolute atomic E-state index is 0.121. The third-order valence-corrected chi connectivity index (χ3v) is 4.51. The second-order valence-electron chi connectivity index (χ2n) is 6.48. The van der Waals surface area contributed by atoms with Gasteiger partial charge in [0.15, 0.2) is 5.96 Å². The normalized spacial score (nSPS) is 23.8. The SMILES string of the molecule is CCNC(=NCc1ccc(C)nc1)NC1CC(OC)C1(C)C. The average Bonchev–Trinajstić information content (AvgIpc) is 2.50. The maximum atomic E-state index is 5.51. The van der Waals surface area contributed by atoms with Crippen molar-refractivity contribution in [3.8, 4) is 0 Å². The van der Waals surface area contributed by atoms with Crippen LogP contribution in [0.2, 0.25) is 0 Å². The van der Waals surface area contributed by atoms with Gasteiger partial charge in [-0.25, -0.2) is 4.99 Å². The molecule has 0 aromatic carbocycles. The first-order chi connectivity index (χ1) is 10.5. The number of methoxy groups -OCH3 is 1. The average molecular weight is 304 g/mol. The molecule has 0 aliphatic heterocycles. The van der Waals surface area contributed by atoms with Gasteiger partial charge in [0.1, 0.15) is 0 Å². The van der Waals surface area contributed by atoms with Gasteiger partial charge < -0.3 is 15.4 Å². The van der Waals surface area contributed by atoms with Crippen molar-refractivity contribution in [1.82, 2.24) is 15.6 Å². The summed E-state index contributed by atoms with van der Waals surface area (Å²) >= 11 is 0. The molecule has 0 bridgehead atoms. The molecule has 2 N–H and O–H groups in total. The molecule has 1 aromatic rings. The van der Waals surface area contributed by atoms with Crippen molar-refractivity contribution in [3.63, 3.8) is 0 Å². The van der Waals surface area contributed by atoms with E-state index in [1.54, 1.807) is 7.11 Å². The smallest absolute Gasteiger partial charge is 0.191 e. The molecule has 1 heterocycles. The summed E-state index contributed by atoms with van der Waals surface area (Å²) in [5.74, 6) is 0.857. The number of nitrogens with one attached hydrogen (secondary N) is 2. The van der Waals surface area contributed by atoms with Crippen LogP contribution >= 0.6 is 0 Å². The van der Waals surface area contributed by atoms with Crippen LogP contribution in [0.5, 0.6) is 0 Å². The lowest BCUT2D eigenvalue weighted by Gasteiger charge is -2.51. The van der Waals surface area contributed by atoms with E-state index in [1.807, 2.05) is 19.2 Å². The molecule has 0 radical (unpaired) electrons. The van der Waals surface area contributed by atoms with E-state index in [0.717, 1.165) is 30.2 Å². The van der Waals surface area contributed by atoms with Crippen LogP contribution in [0.15, 0.2) is 23.3 Å². The summed E-state index contributed by atoms with van der Waals surface area (Å²) < 4.78 is 5.51. The fourth-order valence-corrected chi connectivity index (χ4v) is 2.78. The Morgan fingerprint density at radius 3 is 2.77 bits per heavy atom. The number of guanidine groups is 1. The van der Waals surface area contributed by atoms with Gasteiger partial charge in [0.25, 0.3) is 0 Å². The number of nitrogens with zero attached hydrogens (tertiary/aromatic N) is 2. The largest absolute Gasteiger partial charge is 0.381 e. The molecule has 0 amide bonds. The fourth-order valence-electron chi connectivity index (χ4n) is 2.78. The van der Waals surface area contributed by atoms with Crippen molar-refractivity contribution < 1.29 is 4.74 Å². The predicted octanol–water partition coefficient (Wildman–Crippen LogP) is 2.26. The van der Waals surface area contributed by atoms with E-state index in [1.165, 1.54) is 0 Å². The summed E-state index contributed by atoms with van der Waals surface area (Å²) in [4.78, 5) is 8.97. The minimum atomic E-state index is 0.121. The van der Waals surface area contributed by atoms with E-state index in [4.69, 9.17) is 4.74 Å². The quantitative estimate of drug-likeness (QED) is 0.647. The standard InChI is InChI=1S/C17H28N4O/c1-6-18-16(20-11-13-8-7-12(2)19-10-13)21-14-9-15(22-5)17(14,3)4/h7-8,10,14-15H,6,9,11H2,1-5H3,(H2,18,20,21). The molecule has 1 aliphatic carbocycles. The van der Waals surface area contributed by atoms with Gasteiger partial charge in [0, 0.05) is 37.0 Å². The Balaban J connectivity index is 1.98. The Bertz CT molecular complexity index is 510. The summed E-state index contributed by atoms with van der Waals surface area (Å²) in [7, 11) is 1.78. The van der Waals surface area contributed by atoms with E-state index in [9.17, 15) is 0 Å². The monoisotopic (exact) mass is 304 g/mol. The van der Waals surface area contributed by atoms with Crippen molar-refractivity contribution in [2.45, 2.75) is 52.8 Å². The van der Waals surface area contributed by atoms with Crippen LogP contribution in [0.3, 0.4) is 0 Å². The van der Waals surface area contributed by atoms with E-state index >= 15 is 0 Å². The second-order valence-corrected chi connectivity index (χ2v) is 6.48. The number of aliphatic imine (C=N–C) groups is 1. The Morgan fingerprint density at radius 2 is 2.23 bits per heavy atom. The number of pyridine rings is 1. The first kappa shape index (κ1) is 16.7. The molecule has 1 fully saturated rings. The van der Waals surface area contributed by atoms with Crippen LogP contribution < -0.4 is 10.6 Å². The van der Waals surface area contributed by atoms with E-state index < -0.39 is 0 Å². The fraction of sp³-hybridized carbons (Fsp3) is 0.647. The molecule has 2 unspecified atom stereocenters. The maximum absolute atomic E-state index is 5.51. The summed E-state index contributed by atoms with van der Waals surface area (Å²) in [6.07, 6.45) is 3.21. The highest BCUT2D eigenvalue weighted by molar-refractivity contribution is 5.80. The Kier molecular flexibility index (Phi) is 5.40. The van der Waals surface area contributed by atoms with Crippen LogP contribution in [0.25, 0.3) is 0 Å². The van der Waals surface area contributed by atoms with Gasteiger partial charge >= 0.3 is 0 Å². The topological polar surface area (TPSA) is 58.5 Å². The molecule has 1 aliphatic rings. The number of hydrogen-bond acceptors (Lipinski definition) is 3. The molecular formula is C17H28N4O. The zero-order valence-corrected chi connectivity index (χ0v) is 14.3. The van der Waals surface area contributed by atoms with E-state index in [2.05, 4.69) is 47.4 Å². The summed E-state index contributed by atoms with van der Waals surface area (Å²) in [6, 6.07) is 4.47. The molecule has 1 saturated carbocycles. The zero-order valence-electron chi connectivity index (χ0n) is 14.3. The van der Waals surface area contributed by atoms with Gasteiger partial charge in [0.2, 0.25) is 0 Å². The van der Waals surface area contributed by atoms with Gasteiger partial charge in [-0.1, -0.05) is 19.9 Å². The molecule has 22 heavy (non-hydrogen) atoms. The van der Waals surface area contributed by atoms with Crippen LogP contribution in [0.1, 0.15) is 38.4 Å². The van der Waals surface area contributed by atoms with Gasteiger partial charge in [0.05, 0.1) is 12.6 Å². The third kappa shape index (κ3) is 3.77. The van der Waals surface area contributed by atoms with Gasteiger partial charge in [-0.05, 0) is 31.9 Å². The van der Waals surface area contributed by atoms with Crippen molar-refractivity contribution in [2.24, 2.45) is 10.4 Å². The van der Waals surface area contributed by atoms with Crippen LogP contribution in [-0.4, -0.2) is 36.7 Å². The highest BCUT2D eigenvalue weighted by atomic mass is 16.5. The lowest BCUT2D eigenvalue weighted by molar-refractivity contribution is -0.0922. The highest BCUT2D eigenvalue weighted by Gasteiger charge is 2.48. The van der Waals surface area contributed by atoms with Gasteiger partial charge in [-0.3, -0.25) is 4.98 Å². The first-order valence-corrected chi connectivity index (χ1v) is 7.96. The summed E-state index contributed by atoms with van der Waals surface area (Å²) in [5, 5.41) is 6.84. The van der Waals surface area contributed by atoms with E-state index in [0.29, 0.717) is 18.7 Å². The second kappa shape index (κ2) is 7.09. The third-order valence-electron chi connectivity index (χ3n) is 4.51. The van der Waals surface area contributed by atoms with Crippen LogP contribution in [0, 0.1) is 12.3 Å². The lowest BCUT2D eigenvalue weighted by atomic mass is 9.64. The molecule has 0 saturated heterocycles. The molecule has 1 aromatic heterocycles. The minimum Gasteiger partial charge on any atom is -0.381 e.